The molecule has 12 nitrogen and oxygen atoms in total. The van der Waals surface area contributed by atoms with Crippen molar-refractivity contribution in [3.63, 3.8) is 0 Å². The van der Waals surface area contributed by atoms with E-state index in [1.165, 1.54) is 79.7 Å². The number of ketones is 1. The lowest BCUT2D eigenvalue weighted by Crippen LogP contribution is -2.55. The summed E-state index contributed by atoms with van der Waals surface area (Å²) in [5.41, 5.74) is -0.849. The van der Waals surface area contributed by atoms with Crippen LogP contribution in [0.2, 0.25) is 15.1 Å². The van der Waals surface area contributed by atoms with Crippen molar-refractivity contribution in [2.75, 3.05) is 19.8 Å². The van der Waals surface area contributed by atoms with Gasteiger partial charge in [-0.3, -0.25) is 4.79 Å². The number of ether oxygens (including phenoxy) is 3. The lowest BCUT2D eigenvalue weighted by Gasteiger charge is -2.51. The number of aliphatic hydroxyl groups is 2. The van der Waals surface area contributed by atoms with E-state index in [9.17, 15) is 53.4 Å². The Morgan fingerprint density at radius 2 is 0.713 bits per heavy atom. The average molecular weight is 1330 g/mol. The Bertz CT molecular complexity index is 3810. The zero-order valence-corrected chi connectivity index (χ0v) is 51.8. The fraction of sp³-hybridized carbons (Fsp3) is 0.413. The van der Waals surface area contributed by atoms with Crippen molar-refractivity contribution in [1.29, 1.82) is 0 Å². The molecule has 0 saturated heterocycles. The molecule has 0 bridgehead atoms. The predicted octanol–water partition coefficient (Wildman–Crippen LogP) is 13.6. The van der Waals surface area contributed by atoms with E-state index in [2.05, 4.69) is 0 Å². The second kappa shape index (κ2) is 24.4. The Morgan fingerprint density at radius 1 is 0.448 bits per heavy atom. The van der Waals surface area contributed by atoms with Crippen LogP contribution in [0.25, 0.3) is 0 Å². The number of fused-ring (bicyclic) bond motifs is 9. The van der Waals surface area contributed by atoms with Gasteiger partial charge in [0.2, 0.25) is 0 Å². The zero-order valence-electron chi connectivity index (χ0n) is 47.1. The Balaban J connectivity index is 0.000000144. The van der Waals surface area contributed by atoms with E-state index in [0.717, 1.165) is 36.4 Å². The van der Waals surface area contributed by atoms with Crippen LogP contribution in [-0.2, 0) is 48.5 Å². The first kappa shape index (κ1) is 64.6. The third-order valence-electron chi connectivity index (χ3n) is 18.8. The number of Topliss-reactive ketones (excluding diaryl/α,β-unsaturated/α-hetero) is 1. The SMILES string of the molecule is CC(=O)[C@@H]1CCC[C@@]2(S(=O)(=O)c3ccc(Cl)cc3)c3c(F)ccc(F)c3OCC12.C[C@@H](O)[C@@H]1CCC[C@@]2(S(=O)(=O)c3ccc(Cl)cc3)c3c(F)ccc(F)c3OCC12.C[C@H](O)[C@@H]1CCC[C@@]2(S(=O)(=O)c3ccc(Cl)cc3)c3c(F)ccc(F)c3OCC12. The Kier molecular flexibility index (Phi) is 18.1. The second-order valence-electron chi connectivity index (χ2n) is 23.2. The van der Waals surface area contributed by atoms with Crippen LogP contribution in [-0.4, -0.2) is 73.3 Å². The van der Waals surface area contributed by atoms with Gasteiger partial charge in [0.15, 0.2) is 64.2 Å². The molecule has 3 fully saturated rings. The Morgan fingerprint density at radius 3 is 1.00 bits per heavy atom. The standard InChI is InChI=1S/2C21H21ClF2O4S.C21H19ClF2O4S/c3*1-12(25)15-3-2-10-21(29(26,27)14-6-4-13(22)5-7-14)16(15)11-28-20-18(24)9-8-17(23)19(20)21/h2*4-9,12,15-16,25H,2-3,10-11H2,1H3;4-9,15-16H,2-3,10-11H2,1H3/t12-,15+,16?,21+;12-,15-,16?,21-;15-,16?,21-/m100/s1. The van der Waals surface area contributed by atoms with E-state index in [4.69, 9.17) is 49.0 Å². The highest BCUT2D eigenvalue weighted by Crippen LogP contribution is 2.62. The normalized spacial score (nSPS) is 27.1. The summed E-state index contributed by atoms with van der Waals surface area (Å²) in [6.07, 6.45) is 1.60. The molecular formula is C63H61Cl3F6O12S3. The van der Waals surface area contributed by atoms with Crippen LogP contribution in [0.5, 0.6) is 17.2 Å². The van der Waals surface area contributed by atoms with E-state index in [1.54, 1.807) is 13.8 Å². The highest BCUT2D eigenvalue weighted by molar-refractivity contribution is 7.93. The maximum Gasteiger partial charge on any atom is 0.188 e. The summed E-state index contributed by atoms with van der Waals surface area (Å²) in [7, 11) is -12.6. The molecule has 3 unspecified atom stereocenters. The minimum absolute atomic E-state index is 0.0188. The molecule has 2 N–H and O–H groups in total. The molecule has 0 spiro atoms. The highest BCUT2D eigenvalue weighted by Gasteiger charge is 2.64. The third-order valence-corrected chi connectivity index (χ3v) is 27.2. The van der Waals surface area contributed by atoms with Crippen LogP contribution in [0.1, 0.15) is 95.2 Å². The molecule has 3 saturated carbocycles. The van der Waals surface area contributed by atoms with Crippen molar-refractivity contribution in [1.82, 2.24) is 0 Å². The quantitative estimate of drug-likeness (QED) is 0.131. The highest BCUT2D eigenvalue weighted by atomic mass is 35.5. The minimum atomic E-state index is -4.22. The van der Waals surface area contributed by atoms with Gasteiger partial charge in [-0.2, -0.15) is 0 Å². The van der Waals surface area contributed by atoms with Gasteiger partial charge in [-0.15, -0.1) is 0 Å². The number of hydrogen-bond donors (Lipinski definition) is 2. The van der Waals surface area contributed by atoms with Gasteiger partial charge in [-0.1, -0.05) is 54.1 Å². The second-order valence-corrected chi connectivity index (χ2v) is 31.1. The Hall–Kier alpha value is -5.39. The van der Waals surface area contributed by atoms with Crippen molar-refractivity contribution in [3.8, 4) is 17.2 Å². The maximum absolute atomic E-state index is 15.1. The fourth-order valence-electron chi connectivity index (χ4n) is 14.9. The van der Waals surface area contributed by atoms with E-state index in [1.807, 2.05) is 0 Å². The smallest absolute Gasteiger partial charge is 0.188 e. The molecule has 466 valence electrons. The summed E-state index contributed by atoms with van der Waals surface area (Å²) in [5, 5.41) is 21.8. The number of rotatable bonds is 9. The first-order chi connectivity index (χ1) is 41.1. The van der Waals surface area contributed by atoms with Gasteiger partial charge in [0.25, 0.3) is 0 Å². The molecule has 12 rings (SSSR count). The summed E-state index contributed by atoms with van der Waals surface area (Å²) in [6.45, 7) is 4.17. The molecule has 0 amide bonds. The maximum atomic E-state index is 15.1. The van der Waals surface area contributed by atoms with Crippen molar-refractivity contribution in [3.05, 3.63) is 176 Å². The summed E-state index contributed by atoms with van der Waals surface area (Å²) in [5.74, 6) is -9.96. The van der Waals surface area contributed by atoms with Crippen LogP contribution in [0.3, 0.4) is 0 Å². The van der Waals surface area contributed by atoms with E-state index in [0.29, 0.717) is 53.6 Å². The molecule has 6 aromatic rings. The van der Waals surface area contributed by atoms with Gasteiger partial charge in [0, 0.05) is 38.7 Å². The van der Waals surface area contributed by atoms with Crippen molar-refractivity contribution in [2.24, 2.45) is 35.5 Å². The van der Waals surface area contributed by atoms with Gasteiger partial charge in [0.05, 0.1) is 63.4 Å². The first-order valence-corrected chi connectivity index (χ1v) is 33.9. The van der Waals surface area contributed by atoms with Crippen LogP contribution in [0.15, 0.2) is 124 Å². The molecular weight excluding hydrogens is 1270 g/mol. The average Bonchev–Trinajstić information content (AvgIpc) is 0.722. The largest absolute Gasteiger partial charge is 0.490 e. The zero-order chi connectivity index (χ0) is 62.9. The predicted molar refractivity (Wildman–Crippen MR) is 313 cm³/mol. The molecule has 87 heavy (non-hydrogen) atoms. The number of carbonyl (C=O) groups excluding carboxylic acids is 1. The van der Waals surface area contributed by atoms with E-state index < -0.39 is 126 Å². The third kappa shape index (κ3) is 10.6. The van der Waals surface area contributed by atoms with Crippen LogP contribution >= 0.6 is 34.8 Å². The number of hydrogen-bond acceptors (Lipinski definition) is 12. The van der Waals surface area contributed by atoms with Crippen molar-refractivity contribution >= 4 is 70.1 Å². The van der Waals surface area contributed by atoms with Crippen LogP contribution < -0.4 is 14.2 Å². The van der Waals surface area contributed by atoms with Crippen molar-refractivity contribution in [2.45, 2.75) is 120 Å². The summed E-state index contributed by atoms with van der Waals surface area (Å²) < 4.78 is 184. The Labute approximate surface area is 515 Å². The van der Waals surface area contributed by atoms with Gasteiger partial charge in [-0.05, 0) is 180 Å². The molecule has 6 aromatic carbocycles. The van der Waals surface area contributed by atoms with E-state index >= 15 is 13.2 Å². The number of benzene rings is 6. The molecule has 0 radical (unpaired) electrons. The number of aliphatic hydroxyl groups excluding tert-OH is 2. The number of sulfone groups is 3. The van der Waals surface area contributed by atoms with Crippen molar-refractivity contribution < 1.29 is 80.8 Å². The molecule has 3 aliphatic carbocycles. The molecule has 6 aliphatic rings. The molecule has 0 aromatic heterocycles. The van der Waals surface area contributed by atoms with Gasteiger partial charge < -0.3 is 24.4 Å². The molecule has 24 heteroatoms. The number of carbonyl (C=O) groups is 1. The fourth-order valence-corrected chi connectivity index (χ4v) is 22.6. The molecule has 3 heterocycles. The molecule has 3 aliphatic heterocycles. The number of halogens is 9. The van der Waals surface area contributed by atoms with E-state index in [-0.39, 0.29) is 93.5 Å². The first-order valence-electron chi connectivity index (χ1n) is 28.3. The lowest BCUT2D eigenvalue weighted by atomic mass is 9.66. The monoisotopic (exact) mass is 1320 g/mol. The minimum Gasteiger partial charge on any atom is -0.490 e. The summed E-state index contributed by atoms with van der Waals surface area (Å²) in [6, 6.07) is 22.5. The van der Waals surface area contributed by atoms with Gasteiger partial charge >= 0.3 is 0 Å². The van der Waals surface area contributed by atoms with Gasteiger partial charge in [0.1, 0.15) is 37.5 Å². The summed E-state index contributed by atoms with van der Waals surface area (Å²) >= 11 is 17.7. The lowest BCUT2D eigenvalue weighted by molar-refractivity contribution is -0.125. The van der Waals surface area contributed by atoms with Crippen LogP contribution in [0.4, 0.5) is 26.3 Å². The molecule has 11 atom stereocenters. The van der Waals surface area contributed by atoms with Gasteiger partial charge in [-0.25, -0.2) is 51.6 Å². The summed E-state index contributed by atoms with van der Waals surface area (Å²) in [4.78, 5) is 12.2. The van der Waals surface area contributed by atoms with Crippen LogP contribution in [0, 0.1) is 70.4 Å². The topological polar surface area (TPSA) is 188 Å².